The molecule has 0 radical (unpaired) electrons. The Morgan fingerprint density at radius 1 is 0.872 bits per heavy atom. The van der Waals surface area contributed by atoms with E-state index in [0.717, 1.165) is 44.8 Å². The zero-order valence-electron chi connectivity index (χ0n) is 21.1. The number of hydrogen-bond donors (Lipinski definition) is 1. The average molecular weight is 503 g/mol. The van der Waals surface area contributed by atoms with Crippen LogP contribution in [0.25, 0.3) is 17.2 Å². The van der Waals surface area contributed by atoms with Crippen LogP contribution < -0.4 is 10.2 Å². The van der Waals surface area contributed by atoms with Crippen molar-refractivity contribution in [1.29, 1.82) is 10.5 Å². The maximum absolute atomic E-state index is 13.1. The zero-order valence-corrected chi connectivity index (χ0v) is 21.1. The predicted molar refractivity (Wildman–Crippen MR) is 152 cm³/mol. The molecule has 0 fully saturated rings. The number of carbonyl (C=O) groups excluding carboxylic acids is 1. The summed E-state index contributed by atoms with van der Waals surface area (Å²) in [6.45, 7) is 2.00. The van der Waals surface area contributed by atoms with Crippen LogP contribution >= 0.6 is 0 Å². The summed E-state index contributed by atoms with van der Waals surface area (Å²) in [7, 11) is 0. The predicted octanol–water partition coefficient (Wildman–Crippen LogP) is 6.73. The van der Waals surface area contributed by atoms with Crippen LogP contribution in [0.5, 0.6) is 0 Å². The van der Waals surface area contributed by atoms with E-state index in [9.17, 15) is 15.3 Å². The molecule has 4 aromatic rings. The van der Waals surface area contributed by atoms with Crippen molar-refractivity contribution in [3.8, 4) is 23.3 Å². The number of allylic oxidation sites excluding steroid dienone is 1. The van der Waals surface area contributed by atoms with Crippen molar-refractivity contribution in [3.63, 3.8) is 0 Å². The van der Waals surface area contributed by atoms with E-state index >= 15 is 0 Å². The van der Waals surface area contributed by atoms with Gasteiger partial charge in [0.2, 0.25) is 0 Å². The normalized spacial score (nSPS) is 17.1. The second-order valence-corrected chi connectivity index (χ2v) is 10.1. The number of hydrogen-bond acceptors (Lipinski definition) is 4. The lowest BCUT2D eigenvalue weighted by atomic mass is 9.68. The topological polar surface area (TPSA) is 79.9 Å². The quantitative estimate of drug-likeness (QED) is 0.330. The van der Waals surface area contributed by atoms with Crippen LogP contribution in [0, 0.1) is 29.6 Å². The SMILES string of the molecule is Cc1ccc(NC(=O)c2ccc3c(c2)C=CC2N3C(C#N)=C(C#N)C23c2ccccc2-c2ccccc23)cc1. The lowest BCUT2D eigenvalue weighted by Crippen LogP contribution is -2.45. The van der Waals surface area contributed by atoms with Crippen LogP contribution in [0.15, 0.2) is 108 Å². The van der Waals surface area contributed by atoms with Gasteiger partial charge in [0.05, 0.1) is 23.1 Å². The summed E-state index contributed by atoms with van der Waals surface area (Å²) < 4.78 is 0. The van der Waals surface area contributed by atoms with E-state index in [2.05, 4.69) is 47.8 Å². The molecule has 5 nitrogen and oxygen atoms in total. The number of fused-ring (bicyclic) bond motifs is 9. The maximum atomic E-state index is 13.1. The average Bonchev–Trinajstić information content (AvgIpc) is 3.44. The molecule has 0 saturated carbocycles. The number of aryl methyl sites for hydroxylation is 1. The van der Waals surface area contributed by atoms with Crippen molar-refractivity contribution in [3.05, 3.63) is 136 Å². The number of rotatable bonds is 2. The lowest BCUT2D eigenvalue weighted by Gasteiger charge is -2.39. The molecular formula is C34H22N4O. The lowest BCUT2D eigenvalue weighted by molar-refractivity contribution is 0.102. The molecule has 1 aliphatic carbocycles. The van der Waals surface area contributed by atoms with Crippen LogP contribution in [-0.2, 0) is 5.41 Å². The number of amides is 1. The first-order chi connectivity index (χ1) is 19.1. The summed E-state index contributed by atoms with van der Waals surface area (Å²) in [5.74, 6) is -0.206. The van der Waals surface area contributed by atoms with E-state index in [1.165, 1.54) is 0 Å². The van der Waals surface area contributed by atoms with E-state index in [1.807, 2.05) is 78.6 Å². The van der Waals surface area contributed by atoms with Crippen molar-refractivity contribution in [2.45, 2.75) is 18.4 Å². The molecule has 1 spiro atoms. The minimum atomic E-state index is -0.803. The fraction of sp³-hybridized carbons (Fsp3) is 0.0882. The molecule has 2 aliphatic heterocycles. The molecule has 4 aromatic carbocycles. The second kappa shape index (κ2) is 8.31. The third kappa shape index (κ3) is 3.02. The number of anilines is 2. The van der Waals surface area contributed by atoms with Gasteiger partial charge in [0, 0.05) is 16.9 Å². The molecule has 1 unspecified atom stereocenters. The summed E-state index contributed by atoms with van der Waals surface area (Å²) in [6.07, 6.45) is 4.09. The highest BCUT2D eigenvalue weighted by Crippen LogP contribution is 2.61. The Morgan fingerprint density at radius 3 is 2.18 bits per heavy atom. The van der Waals surface area contributed by atoms with Crippen molar-refractivity contribution in [2.75, 3.05) is 10.2 Å². The second-order valence-electron chi connectivity index (χ2n) is 10.1. The first-order valence-electron chi connectivity index (χ1n) is 12.8. The number of benzene rings is 4. The van der Waals surface area contributed by atoms with E-state index in [0.29, 0.717) is 16.8 Å². The molecule has 1 amide bonds. The molecule has 3 aliphatic rings. The first-order valence-corrected chi connectivity index (χ1v) is 12.8. The number of nitrogens with zero attached hydrogens (tertiary/aromatic N) is 3. The minimum absolute atomic E-state index is 0.206. The van der Waals surface area contributed by atoms with E-state index in [4.69, 9.17) is 0 Å². The third-order valence-corrected chi connectivity index (χ3v) is 8.12. The largest absolute Gasteiger partial charge is 0.323 e. The Morgan fingerprint density at radius 2 is 1.54 bits per heavy atom. The summed E-state index contributed by atoms with van der Waals surface area (Å²) in [4.78, 5) is 15.0. The third-order valence-electron chi connectivity index (χ3n) is 8.12. The highest BCUT2D eigenvalue weighted by molar-refractivity contribution is 6.05. The molecule has 5 heteroatoms. The Bertz CT molecular complexity index is 1800. The van der Waals surface area contributed by atoms with Crippen molar-refractivity contribution in [2.24, 2.45) is 0 Å². The Kier molecular flexibility index (Phi) is 4.86. The van der Waals surface area contributed by atoms with Gasteiger partial charge in [0.25, 0.3) is 5.91 Å². The Hall–Kier alpha value is -5.39. The smallest absolute Gasteiger partial charge is 0.255 e. The fourth-order valence-electron chi connectivity index (χ4n) is 6.48. The van der Waals surface area contributed by atoms with Gasteiger partial charge in [-0.05, 0) is 65.1 Å². The molecule has 39 heavy (non-hydrogen) atoms. The van der Waals surface area contributed by atoms with Crippen LogP contribution in [0.1, 0.15) is 32.6 Å². The van der Waals surface area contributed by atoms with E-state index < -0.39 is 5.41 Å². The first kappa shape index (κ1) is 22.8. The van der Waals surface area contributed by atoms with Gasteiger partial charge in [-0.3, -0.25) is 4.79 Å². The highest BCUT2D eigenvalue weighted by atomic mass is 16.1. The molecule has 1 N–H and O–H groups in total. The van der Waals surface area contributed by atoms with Gasteiger partial charge >= 0.3 is 0 Å². The standard InChI is InChI=1S/C34H22N4O/c1-21-10-14-24(15-11-21)37-33(39)23-12-16-30-22(18-23)13-17-32-34(29(19-35)31(20-36)38(30)32)27-8-4-2-6-25(27)26-7-3-5-9-28(26)34/h2-18,32H,1H3,(H,37,39). The number of carbonyl (C=O) groups is 1. The van der Waals surface area contributed by atoms with Crippen LogP contribution in [0.4, 0.5) is 11.4 Å². The molecule has 0 bridgehead atoms. The van der Waals surface area contributed by atoms with Crippen LogP contribution in [0.3, 0.4) is 0 Å². The maximum Gasteiger partial charge on any atom is 0.255 e. The van der Waals surface area contributed by atoms with E-state index in [-0.39, 0.29) is 11.9 Å². The summed E-state index contributed by atoms with van der Waals surface area (Å²) in [6, 6.07) is 34.0. The van der Waals surface area contributed by atoms with Crippen molar-refractivity contribution < 1.29 is 4.79 Å². The molecule has 7 rings (SSSR count). The molecule has 0 aromatic heterocycles. The molecule has 0 saturated heterocycles. The monoisotopic (exact) mass is 502 g/mol. The van der Waals surface area contributed by atoms with Crippen molar-refractivity contribution in [1.82, 2.24) is 0 Å². The molecule has 1 atom stereocenters. The summed E-state index contributed by atoms with van der Waals surface area (Å²) in [5.41, 5.74) is 8.22. The fourth-order valence-corrected chi connectivity index (χ4v) is 6.48. The number of nitriles is 2. The van der Waals surface area contributed by atoms with Gasteiger partial charge in [-0.25, -0.2) is 0 Å². The van der Waals surface area contributed by atoms with Crippen LogP contribution in [-0.4, -0.2) is 11.9 Å². The zero-order chi connectivity index (χ0) is 26.7. The van der Waals surface area contributed by atoms with Crippen LogP contribution in [0.2, 0.25) is 0 Å². The van der Waals surface area contributed by atoms with Gasteiger partial charge in [0.1, 0.15) is 11.8 Å². The van der Waals surface area contributed by atoms with Gasteiger partial charge in [0.15, 0.2) is 0 Å². The Labute approximate surface area is 226 Å². The molecule has 184 valence electrons. The van der Waals surface area contributed by atoms with Gasteiger partial charge in [-0.15, -0.1) is 0 Å². The van der Waals surface area contributed by atoms with Crippen molar-refractivity contribution >= 4 is 23.4 Å². The summed E-state index contributed by atoms with van der Waals surface area (Å²) in [5, 5.41) is 23.9. The number of nitrogens with one attached hydrogen (secondary N) is 1. The highest BCUT2D eigenvalue weighted by Gasteiger charge is 2.59. The van der Waals surface area contributed by atoms with Gasteiger partial charge in [-0.1, -0.05) is 78.4 Å². The Balaban J connectivity index is 1.37. The minimum Gasteiger partial charge on any atom is -0.323 e. The van der Waals surface area contributed by atoms with Gasteiger partial charge < -0.3 is 10.2 Å². The summed E-state index contributed by atoms with van der Waals surface area (Å²) >= 11 is 0. The van der Waals surface area contributed by atoms with E-state index in [1.54, 1.807) is 6.07 Å². The van der Waals surface area contributed by atoms with Gasteiger partial charge in [-0.2, -0.15) is 10.5 Å². The molecular weight excluding hydrogens is 480 g/mol. The molecule has 2 heterocycles.